The third-order valence-electron chi connectivity index (χ3n) is 4.21. The molecule has 6 heteroatoms. The van der Waals surface area contributed by atoms with Crippen LogP contribution in [0.1, 0.15) is 22.5 Å². The van der Waals surface area contributed by atoms with E-state index in [4.69, 9.17) is 0 Å². The molecule has 1 aliphatic heterocycles. The van der Waals surface area contributed by atoms with Crippen molar-refractivity contribution in [2.45, 2.75) is 32.9 Å². The normalized spacial score (nSPS) is 16.3. The quantitative estimate of drug-likeness (QED) is 0.778. The number of rotatable bonds is 3. The molecule has 3 heterocycles. The van der Waals surface area contributed by atoms with Gasteiger partial charge in [-0.3, -0.25) is 9.20 Å². The van der Waals surface area contributed by atoms with Crippen LogP contribution in [0.3, 0.4) is 0 Å². The third-order valence-corrected chi connectivity index (χ3v) is 5.17. The molecule has 1 atom stereocenters. The monoisotopic (exact) mass is 326 g/mol. The van der Waals surface area contributed by atoms with E-state index in [9.17, 15) is 4.79 Å². The largest absolute Gasteiger partial charge is 0.373 e. The molecule has 118 valence electrons. The number of carbonyl (C=O) groups excluding carboxylic acids is 1. The molecule has 2 N–H and O–H groups in total. The van der Waals surface area contributed by atoms with Gasteiger partial charge in [0.1, 0.15) is 6.04 Å². The molecule has 0 radical (unpaired) electrons. The minimum Gasteiger partial charge on any atom is -0.373 e. The lowest BCUT2D eigenvalue weighted by atomic mass is 10.1. The smallest absolute Gasteiger partial charge is 0.243 e. The van der Waals surface area contributed by atoms with Crippen molar-refractivity contribution in [3.63, 3.8) is 0 Å². The van der Waals surface area contributed by atoms with Gasteiger partial charge in [0.2, 0.25) is 5.91 Å². The fraction of sp³-hybridized carbons (Fsp3) is 0.294. The summed E-state index contributed by atoms with van der Waals surface area (Å²) < 4.78 is 2.05. The zero-order valence-corrected chi connectivity index (χ0v) is 13.9. The molecule has 0 aliphatic carbocycles. The van der Waals surface area contributed by atoms with Gasteiger partial charge in [0.15, 0.2) is 4.96 Å². The van der Waals surface area contributed by atoms with Crippen LogP contribution >= 0.6 is 11.3 Å². The molecular formula is C17H18N4OS. The van der Waals surface area contributed by atoms with E-state index in [0.717, 1.165) is 22.8 Å². The summed E-state index contributed by atoms with van der Waals surface area (Å²) >= 11 is 1.61. The number of fused-ring (bicyclic) bond motifs is 2. The Balaban J connectivity index is 1.41. The topological polar surface area (TPSA) is 58.4 Å². The van der Waals surface area contributed by atoms with Crippen LogP contribution in [0, 0.1) is 13.8 Å². The molecule has 0 saturated carbocycles. The molecule has 1 aliphatic rings. The zero-order valence-electron chi connectivity index (χ0n) is 13.1. The van der Waals surface area contributed by atoms with Crippen molar-refractivity contribution < 1.29 is 4.79 Å². The number of aromatic nitrogens is 2. The second-order valence-corrected chi connectivity index (χ2v) is 6.88. The Morgan fingerprint density at radius 2 is 2.35 bits per heavy atom. The summed E-state index contributed by atoms with van der Waals surface area (Å²) in [4.78, 5) is 17.9. The Morgan fingerprint density at radius 1 is 1.48 bits per heavy atom. The van der Waals surface area contributed by atoms with E-state index in [2.05, 4.69) is 51.4 Å². The van der Waals surface area contributed by atoms with Gasteiger partial charge in [-0.1, -0.05) is 17.7 Å². The van der Waals surface area contributed by atoms with E-state index in [1.807, 2.05) is 12.3 Å². The maximum absolute atomic E-state index is 12.4. The Kier molecular flexibility index (Phi) is 3.34. The van der Waals surface area contributed by atoms with Crippen LogP contribution in [0.5, 0.6) is 0 Å². The first-order valence-electron chi connectivity index (χ1n) is 7.66. The SMILES string of the molecule is Cc1ccc2c(c1)C[C@H](C(=O)NCc1cn3c(C)csc3n1)N2. The predicted octanol–water partition coefficient (Wildman–Crippen LogP) is 2.67. The van der Waals surface area contributed by atoms with Gasteiger partial charge in [0.05, 0.1) is 12.2 Å². The standard InChI is InChI=1S/C17H18N4OS/c1-10-3-4-14-12(5-10)6-15(20-14)16(22)18-7-13-8-21-11(2)9-23-17(21)19-13/h3-5,8-9,15,20H,6-7H2,1-2H3,(H,18,22)/t15-/m1/s1. The number of hydrogen-bond donors (Lipinski definition) is 2. The van der Waals surface area contributed by atoms with Crippen LogP contribution in [0.4, 0.5) is 5.69 Å². The van der Waals surface area contributed by atoms with Crippen LogP contribution in [-0.4, -0.2) is 21.3 Å². The highest BCUT2D eigenvalue weighted by Gasteiger charge is 2.26. The minimum absolute atomic E-state index is 0.0203. The lowest BCUT2D eigenvalue weighted by Gasteiger charge is -2.11. The number of carbonyl (C=O) groups is 1. The number of anilines is 1. The summed E-state index contributed by atoms with van der Waals surface area (Å²) in [7, 11) is 0. The first-order chi connectivity index (χ1) is 11.1. The van der Waals surface area contributed by atoms with Gasteiger partial charge < -0.3 is 10.6 Å². The van der Waals surface area contributed by atoms with Gasteiger partial charge in [0, 0.05) is 29.4 Å². The molecule has 1 amide bonds. The summed E-state index contributed by atoms with van der Waals surface area (Å²) in [6.45, 7) is 4.58. The summed E-state index contributed by atoms with van der Waals surface area (Å²) in [6.07, 6.45) is 2.72. The molecule has 5 nitrogen and oxygen atoms in total. The van der Waals surface area contributed by atoms with Crippen molar-refractivity contribution in [3.8, 4) is 0 Å². The highest BCUT2D eigenvalue weighted by molar-refractivity contribution is 7.15. The average molecular weight is 326 g/mol. The maximum Gasteiger partial charge on any atom is 0.243 e. The number of aryl methyl sites for hydroxylation is 2. The third kappa shape index (κ3) is 2.59. The number of benzene rings is 1. The van der Waals surface area contributed by atoms with Gasteiger partial charge in [-0.2, -0.15) is 0 Å². The van der Waals surface area contributed by atoms with Gasteiger partial charge >= 0.3 is 0 Å². The molecule has 2 aromatic heterocycles. The van der Waals surface area contributed by atoms with Crippen LogP contribution in [-0.2, 0) is 17.8 Å². The minimum atomic E-state index is -0.197. The molecule has 3 aromatic rings. The fourth-order valence-electron chi connectivity index (χ4n) is 2.98. The van der Waals surface area contributed by atoms with Crippen LogP contribution in [0.2, 0.25) is 0 Å². The lowest BCUT2D eigenvalue weighted by molar-refractivity contribution is -0.121. The molecule has 1 aromatic carbocycles. The molecule has 4 rings (SSSR count). The number of thiazole rings is 1. The van der Waals surface area contributed by atoms with E-state index < -0.39 is 0 Å². The van der Waals surface area contributed by atoms with Crippen molar-refractivity contribution in [3.05, 3.63) is 52.3 Å². The van der Waals surface area contributed by atoms with Crippen molar-refractivity contribution in [2.75, 3.05) is 5.32 Å². The van der Waals surface area contributed by atoms with Gasteiger partial charge in [-0.25, -0.2) is 4.98 Å². The highest BCUT2D eigenvalue weighted by atomic mass is 32.1. The number of nitrogens with zero attached hydrogens (tertiary/aromatic N) is 2. The Morgan fingerprint density at radius 3 is 3.17 bits per heavy atom. The fourth-order valence-corrected chi connectivity index (χ4v) is 3.85. The van der Waals surface area contributed by atoms with Crippen molar-refractivity contribution >= 4 is 27.9 Å². The molecule has 0 saturated heterocycles. The van der Waals surface area contributed by atoms with E-state index in [-0.39, 0.29) is 11.9 Å². The Bertz CT molecular complexity index is 895. The Labute approximate surface area is 138 Å². The second-order valence-electron chi connectivity index (χ2n) is 6.04. The molecular weight excluding hydrogens is 308 g/mol. The maximum atomic E-state index is 12.4. The lowest BCUT2D eigenvalue weighted by Crippen LogP contribution is -2.38. The first-order valence-corrected chi connectivity index (χ1v) is 8.54. The summed E-state index contributed by atoms with van der Waals surface area (Å²) in [5.74, 6) is 0.0203. The van der Waals surface area contributed by atoms with E-state index in [1.165, 1.54) is 16.8 Å². The average Bonchev–Trinajstić information content (AvgIpc) is 3.20. The number of hydrogen-bond acceptors (Lipinski definition) is 4. The van der Waals surface area contributed by atoms with Crippen molar-refractivity contribution in [1.29, 1.82) is 0 Å². The van der Waals surface area contributed by atoms with Gasteiger partial charge in [-0.05, 0) is 25.5 Å². The van der Waals surface area contributed by atoms with E-state index in [0.29, 0.717) is 6.54 Å². The van der Waals surface area contributed by atoms with Crippen LogP contribution < -0.4 is 10.6 Å². The first kappa shape index (κ1) is 14.3. The molecule has 23 heavy (non-hydrogen) atoms. The second kappa shape index (κ2) is 5.38. The Hall–Kier alpha value is -2.34. The summed E-state index contributed by atoms with van der Waals surface area (Å²) in [5, 5.41) is 8.36. The van der Waals surface area contributed by atoms with E-state index in [1.54, 1.807) is 11.3 Å². The molecule has 0 fully saturated rings. The van der Waals surface area contributed by atoms with Crippen LogP contribution in [0.25, 0.3) is 4.96 Å². The van der Waals surface area contributed by atoms with Crippen molar-refractivity contribution in [2.24, 2.45) is 0 Å². The molecule has 0 bridgehead atoms. The predicted molar refractivity (Wildman–Crippen MR) is 91.9 cm³/mol. The highest BCUT2D eigenvalue weighted by Crippen LogP contribution is 2.26. The zero-order chi connectivity index (χ0) is 16.0. The molecule has 0 spiro atoms. The number of nitrogens with one attached hydrogen (secondary N) is 2. The van der Waals surface area contributed by atoms with Crippen molar-refractivity contribution in [1.82, 2.24) is 14.7 Å². The number of imidazole rings is 1. The number of amides is 1. The van der Waals surface area contributed by atoms with Crippen LogP contribution in [0.15, 0.2) is 29.8 Å². The van der Waals surface area contributed by atoms with E-state index >= 15 is 0 Å². The summed E-state index contributed by atoms with van der Waals surface area (Å²) in [6, 6.07) is 6.05. The van der Waals surface area contributed by atoms with Gasteiger partial charge in [0.25, 0.3) is 0 Å². The molecule has 0 unspecified atom stereocenters. The summed E-state index contributed by atoms with van der Waals surface area (Å²) in [5.41, 5.74) is 5.55. The van der Waals surface area contributed by atoms with Gasteiger partial charge in [-0.15, -0.1) is 11.3 Å².